The minimum Gasteiger partial charge on any atom is -0.496 e. The third-order valence-electron chi connectivity index (χ3n) is 2.95. The molecule has 0 fully saturated rings. The Hall–Kier alpha value is -1.99. The second-order valence-electron chi connectivity index (χ2n) is 4.24. The number of halogens is 1. The number of benzene rings is 2. The predicted molar refractivity (Wildman–Crippen MR) is 86.1 cm³/mol. The van der Waals surface area contributed by atoms with Gasteiger partial charge in [0.05, 0.1) is 29.0 Å². The van der Waals surface area contributed by atoms with E-state index in [1.807, 2.05) is 12.1 Å². The highest BCUT2D eigenvalue weighted by atomic mass is 79.9. The fourth-order valence-corrected chi connectivity index (χ4v) is 3.00. The van der Waals surface area contributed by atoms with Crippen LogP contribution in [0.2, 0.25) is 0 Å². The molecule has 0 aliphatic heterocycles. The summed E-state index contributed by atoms with van der Waals surface area (Å²) in [6.45, 7) is 0. The summed E-state index contributed by atoms with van der Waals surface area (Å²) in [4.78, 5) is 12.3. The van der Waals surface area contributed by atoms with E-state index in [2.05, 4.69) is 30.0 Å². The number of hydrogen-bond acceptors (Lipinski definition) is 5. The topological polar surface area (TPSA) is 64.1 Å². The largest absolute Gasteiger partial charge is 0.496 e. The Bertz CT molecular complexity index is 819. The van der Waals surface area contributed by atoms with Gasteiger partial charge in [-0.3, -0.25) is 4.79 Å². The molecule has 0 radical (unpaired) electrons. The standard InChI is InChI=1S/C14H10BrN3O2S/c1-20-12-6-5-8(7-9(12)15)14(19)16-10-3-2-4-11-13(10)18-21-17-11/h2-7H,1H3,(H,16,19). The SMILES string of the molecule is COc1ccc(C(=O)Nc2cccc3nsnc23)cc1Br. The zero-order chi connectivity index (χ0) is 14.8. The lowest BCUT2D eigenvalue weighted by molar-refractivity contribution is 0.102. The van der Waals surface area contributed by atoms with Crippen molar-refractivity contribution in [2.45, 2.75) is 0 Å². The van der Waals surface area contributed by atoms with Crippen LogP contribution in [-0.2, 0) is 0 Å². The number of carbonyl (C=O) groups is 1. The number of aromatic nitrogens is 2. The van der Waals surface area contributed by atoms with Crippen molar-refractivity contribution in [3.8, 4) is 5.75 Å². The summed E-state index contributed by atoms with van der Waals surface area (Å²) >= 11 is 4.49. The second-order valence-corrected chi connectivity index (χ2v) is 5.62. The van der Waals surface area contributed by atoms with Gasteiger partial charge in [0.25, 0.3) is 5.91 Å². The maximum atomic E-state index is 12.3. The Balaban J connectivity index is 1.89. The van der Waals surface area contributed by atoms with Gasteiger partial charge in [0, 0.05) is 5.56 Å². The van der Waals surface area contributed by atoms with E-state index in [9.17, 15) is 4.79 Å². The van der Waals surface area contributed by atoms with E-state index in [1.165, 1.54) is 0 Å². The Labute approximate surface area is 133 Å². The van der Waals surface area contributed by atoms with E-state index in [0.29, 0.717) is 22.5 Å². The van der Waals surface area contributed by atoms with Gasteiger partial charge in [-0.15, -0.1) is 0 Å². The van der Waals surface area contributed by atoms with Crippen molar-refractivity contribution in [2.75, 3.05) is 12.4 Å². The number of methoxy groups -OCH3 is 1. The van der Waals surface area contributed by atoms with E-state index in [-0.39, 0.29) is 5.91 Å². The van der Waals surface area contributed by atoms with Gasteiger partial charge in [-0.05, 0) is 46.3 Å². The van der Waals surface area contributed by atoms with Crippen molar-refractivity contribution in [1.29, 1.82) is 0 Å². The van der Waals surface area contributed by atoms with Crippen molar-refractivity contribution < 1.29 is 9.53 Å². The summed E-state index contributed by atoms with van der Waals surface area (Å²) in [6.07, 6.45) is 0. The number of fused-ring (bicyclic) bond motifs is 1. The Morgan fingerprint density at radius 1 is 1.29 bits per heavy atom. The van der Waals surface area contributed by atoms with Gasteiger partial charge >= 0.3 is 0 Å². The van der Waals surface area contributed by atoms with Crippen LogP contribution in [0.25, 0.3) is 11.0 Å². The van der Waals surface area contributed by atoms with Crippen LogP contribution < -0.4 is 10.1 Å². The molecule has 1 aromatic heterocycles. The van der Waals surface area contributed by atoms with Crippen LogP contribution in [0.1, 0.15) is 10.4 Å². The number of carbonyl (C=O) groups excluding carboxylic acids is 1. The summed E-state index contributed by atoms with van der Waals surface area (Å²) in [5.74, 6) is 0.469. The average molecular weight is 364 g/mol. The van der Waals surface area contributed by atoms with Crippen molar-refractivity contribution in [3.05, 3.63) is 46.4 Å². The minimum atomic E-state index is -0.209. The molecule has 5 nitrogen and oxygen atoms in total. The van der Waals surface area contributed by atoms with Gasteiger partial charge in [-0.2, -0.15) is 8.75 Å². The molecular weight excluding hydrogens is 354 g/mol. The van der Waals surface area contributed by atoms with Crippen molar-refractivity contribution in [1.82, 2.24) is 8.75 Å². The minimum absolute atomic E-state index is 0.209. The highest BCUT2D eigenvalue weighted by Gasteiger charge is 2.12. The molecule has 0 aliphatic carbocycles. The molecule has 0 aliphatic rings. The summed E-state index contributed by atoms with van der Waals surface area (Å²) in [5, 5.41) is 2.86. The van der Waals surface area contributed by atoms with Crippen LogP contribution in [-0.4, -0.2) is 21.8 Å². The lowest BCUT2D eigenvalue weighted by Gasteiger charge is -2.08. The second kappa shape index (κ2) is 5.79. The van der Waals surface area contributed by atoms with Gasteiger partial charge in [0.1, 0.15) is 16.8 Å². The van der Waals surface area contributed by atoms with E-state index in [0.717, 1.165) is 21.7 Å². The van der Waals surface area contributed by atoms with E-state index >= 15 is 0 Å². The first-order valence-corrected chi connectivity index (χ1v) is 7.57. The third-order valence-corrected chi connectivity index (χ3v) is 4.11. The molecule has 106 valence electrons. The number of hydrogen-bond donors (Lipinski definition) is 1. The molecule has 1 heterocycles. The van der Waals surface area contributed by atoms with Gasteiger partial charge in [0.2, 0.25) is 0 Å². The molecule has 0 unspecified atom stereocenters. The lowest BCUT2D eigenvalue weighted by Crippen LogP contribution is -2.12. The van der Waals surface area contributed by atoms with Crippen LogP contribution in [0.3, 0.4) is 0 Å². The number of nitrogens with zero attached hydrogens (tertiary/aromatic N) is 2. The maximum Gasteiger partial charge on any atom is 0.255 e. The molecule has 0 spiro atoms. The van der Waals surface area contributed by atoms with E-state index < -0.39 is 0 Å². The summed E-state index contributed by atoms with van der Waals surface area (Å²) in [5.41, 5.74) is 2.65. The van der Waals surface area contributed by atoms with E-state index in [1.54, 1.807) is 31.4 Å². The number of amides is 1. The van der Waals surface area contributed by atoms with E-state index in [4.69, 9.17) is 4.74 Å². The Kier molecular flexibility index (Phi) is 3.85. The molecular formula is C14H10BrN3O2S. The monoisotopic (exact) mass is 363 g/mol. The Morgan fingerprint density at radius 3 is 2.90 bits per heavy atom. The summed E-state index contributed by atoms with van der Waals surface area (Å²) in [7, 11) is 1.58. The molecule has 3 rings (SSSR count). The van der Waals surface area contributed by atoms with Gasteiger partial charge < -0.3 is 10.1 Å². The first-order chi connectivity index (χ1) is 10.2. The molecule has 0 atom stereocenters. The van der Waals surface area contributed by atoms with Gasteiger partial charge in [0.15, 0.2) is 0 Å². The van der Waals surface area contributed by atoms with Crippen LogP contribution in [0.5, 0.6) is 5.75 Å². The zero-order valence-electron chi connectivity index (χ0n) is 11.0. The molecule has 1 amide bonds. The summed E-state index contributed by atoms with van der Waals surface area (Å²) in [6, 6.07) is 10.7. The van der Waals surface area contributed by atoms with Crippen LogP contribution >= 0.6 is 27.7 Å². The van der Waals surface area contributed by atoms with Crippen LogP contribution in [0, 0.1) is 0 Å². The normalized spacial score (nSPS) is 10.6. The smallest absolute Gasteiger partial charge is 0.255 e. The Morgan fingerprint density at radius 2 is 2.14 bits per heavy atom. The fraction of sp³-hybridized carbons (Fsp3) is 0.0714. The lowest BCUT2D eigenvalue weighted by atomic mass is 10.2. The van der Waals surface area contributed by atoms with Gasteiger partial charge in [-0.1, -0.05) is 6.07 Å². The predicted octanol–water partition coefficient (Wildman–Crippen LogP) is 3.71. The molecule has 0 saturated carbocycles. The molecule has 0 bridgehead atoms. The van der Waals surface area contributed by atoms with Crippen LogP contribution in [0.15, 0.2) is 40.9 Å². The van der Waals surface area contributed by atoms with Gasteiger partial charge in [-0.25, -0.2) is 0 Å². The molecule has 1 N–H and O–H groups in total. The van der Waals surface area contributed by atoms with Crippen molar-refractivity contribution in [3.63, 3.8) is 0 Å². The third kappa shape index (κ3) is 2.74. The number of anilines is 1. The maximum absolute atomic E-state index is 12.3. The summed E-state index contributed by atoms with van der Waals surface area (Å²) < 4.78 is 14.2. The fourth-order valence-electron chi connectivity index (χ4n) is 1.91. The molecule has 21 heavy (non-hydrogen) atoms. The first-order valence-electron chi connectivity index (χ1n) is 6.05. The van der Waals surface area contributed by atoms with Crippen molar-refractivity contribution in [2.24, 2.45) is 0 Å². The molecule has 3 aromatic rings. The quantitative estimate of drug-likeness (QED) is 0.770. The number of ether oxygens (including phenoxy) is 1. The highest BCUT2D eigenvalue weighted by molar-refractivity contribution is 9.10. The number of rotatable bonds is 3. The van der Waals surface area contributed by atoms with Crippen LogP contribution in [0.4, 0.5) is 5.69 Å². The molecule has 2 aromatic carbocycles. The van der Waals surface area contributed by atoms with Crippen molar-refractivity contribution >= 4 is 50.3 Å². The first kappa shape index (κ1) is 14.0. The number of nitrogens with one attached hydrogen (secondary N) is 1. The zero-order valence-corrected chi connectivity index (χ0v) is 13.4. The average Bonchev–Trinajstić information content (AvgIpc) is 2.96. The molecule has 7 heteroatoms. The molecule has 0 saturated heterocycles. The highest BCUT2D eigenvalue weighted by Crippen LogP contribution is 2.26.